The number of benzene rings is 1. The maximum Gasteiger partial charge on any atom is 0.257 e. The first-order valence-electron chi connectivity index (χ1n) is 9.29. The fraction of sp³-hybridized carbons (Fsp3) is 0.350. The van der Waals surface area contributed by atoms with E-state index >= 15 is 0 Å². The Kier molecular flexibility index (Phi) is 5.34. The number of para-hydroxylation sites is 1. The number of H-pyrrole nitrogens is 1. The molecule has 1 saturated heterocycles. The van der Waals surface area contributed by atoms with Gasteiger partial charge in [0.1, 0.15) is 5.75 Å². The number of aromatic amines is 1. The van der Waals surface area contributed by atoms with E-state index < -0.39 is 0 Å². The molecule has 1 fully saturated rings. The third kappa shape index (κ3) is 4.04. The van der Waals surface area contributed by atoms with Crippen molar-refractivity contribution in [2.24, 2.45) is 7.05 Å². The number of amides is 1. The van der Waals surface area contributed by atoms with E-state index in [0.29, 0.717) is 35.9 Å². The number of hydrogen-bond acceptors (Lipinski definition) is 4. The summed E-state index contributed by atoms with van der Waals surface area (Å²) in [6.45, 7) is 1.92. The summed E-state index contributed by atoms with van der Waals surface area (Å²) >= 11 is 6.10. The van der Waals surface area contributed by atoms with Gasteiger partial charge in [-0.15, -0.1) is 0 Å². The van der Waals surface area contributed by atoms with Gasteiger partial charge in [0.25, 0.3) is 5.91 Å². The Balaban J connectivity index is 1.31. The zero-order valence-corrected chi connectivity index (χ0v) is 16.4. The molecular weight excluding hydrogens is 378 g/mol. The Bertz CT molecular complexity index is 967. The highest BCUT2D eigenvalue weighted by atomic mass is 35.5. The topological polar surface area (TPSA) is 76.0 Å². The molecule has 0 aliphatic carbocycles. The van der Waals surface area contributed by atoms with Gasteiger partial charge >= 0.3 is 0 Å². The lowest BCUT2D eigenvalue weighted by Gasteiger charge is -2.14. The monoisotopic (exact) mass is 399 g/mol. The smallest absolute Gasteiger partial charge is 0.257 e. The second kappa shape index (κ2) is 8.06. The lowest BCUT2D eigenvalue weighted by atomic mass is 10.0. The Morgan fingerprint density at radius 1 is 1.39 bits per heavy atom. The lowest BCUT2D eigenvalue weighted by molar-refractivity contribution is 0.0790. The number of carbonyl (C=O) groups is 1. The van der Waals surface area contributed by atoms with E-state index in [1.54, 1.807) is 17.1 Å². The van der Waals surface area contributed by atoms with Crippen molar-refractivity contribution in [2.45, 2.75) is 18.8 Å². The van der Waals surface area contributed by atoms with Crippen molar-refractivity contribution < 1.29 is 9.53 Å². The third-order valence-corrected chi connectivity index (χ3v) is 5.27. The molecule has 1 aromatic carbocycles. The molecule has 1 aliphatic heterocycles. The average molecular weight is 400 g/mol. The van der Waals surface area contributed by atoms with E-state index in [1.165, 1.54) is 0 Å². The molecule has 8 heteroatoms. The molecule has 3 heterocycles. The minimum absolute atomic E-state index is 0.0273. The molecule has 1 atom stereocenters. The predicted molar refractivity (Wildman–Crippen MR) is 106 cm³/mol. The number of hydrogen-bond donors (Lipinski definition) is 1. The molecular formula is C20H22ClN5O2. The normalized spacial score (nSPS) is 16.5. The number of aryl methyl sites for hydroxylation is 1. The van der Waals surface area contributed by atoms with Crippen molar-refractivity contribution in [3.63, 3.8) is 0 Å². The summed E-state index contributed by atoms with van der Waals surface area (Å²) in [7, 11) is 1.81. The van der Waals surface area contributed by atoms with Crippen LogP contribution < -0.4 is 4.74 Å². The summed E-state index contributed by atoms with van der Waals surface area (Å²) in [5.41, 5.74) is 2.64. The number of aromatic nitrogens is 4. The standard InChI is InChI=1S/C20H22ClN5O2/c1-25-12-15(11-22-25)20(27)26-8-6-14(13-26)18-10-16(23-24-18)7-9-28-19-5-3-2-4-17(19)21/h2-5,10-12,14H,6-9,13H2,1H3,(H,23,24). The number of rotatable bonds is 6. The highest BCUT2D eigenvalue weighted by molar-refractivity contribution is 6.32. The SMILES string of the molecule is Cn1cc(C(=O)N2CCC(c3cc(CCOc4ccccc4Cl)[nH]n3)C2)cn1. The van der Waals surface area contributed by atoms with Crippen molar-refractivity contribution in [2.75, 3.05) is 19.7 Å². The molecule has 1 N–H and O–H groups in total. The number of halogens is 1. The van der Waals surface area contributed by atoms with Crippen molar-refractivity contribution in [1.82, 2.24) is 24.9 Å². The van der Waals surface area contributed by atoms with Crippen molar-refractivity contribution >= 4 is 17.5 Å². The van der Waals surface area contributed by atoms with Crippen molar-refractivity contribution in [3.8, 4) is 5.75 Å². The first kappa shape index (κ1) is 18.6. The van der Waals surface area contributed by atoms with Gasteiger partial charge in [-0.2, -0.15) is 10.2 Å². The summed E-state index contributed by atoms with van der Waals surface area (Å²) < 4.78 is 7.38. The van der Waals surface area contributed by atoms with Gasteiger partial charge in [-0.1, -0.05) is 23.7 Å². The van der Waals surface area contributed by atoms with Gasteiger partial charge in [0.05, 0.1) is 29.1 Å². The van der Waals surface area contributed by atoms with Crippen LogP contribution in [0.2, 0.25) is 5.02 Å². The van der Waals surface area contributed by atoms with Crippen LogP contribution in [0.15, 0.2) is 42.7 Å². The Labute approximate surface area is 168 Å². The van der Waals surface area contributed by atoms with Gasteiger partial charge < -0.3 is 9.64 Å². The molecule has 146 valence electrons. The van der Waals surface area contributed by atoms with E-state index in [4.69, 9.17) is 16.3 Å². The number of nitrogens with zero attached hydrogens (tertiary/aromatic N) is 4. The van der Waals surface area contributed by atoms with Crippen LogP contribution in [-0.2, 0) is 13.5 Å². The maximum absolute atomic E-state index is 12.6. The second-order valence-electron chi connectivity index (χ2n) is 6.99. The van der Waals surface area contributed by atoms with Gasteiger partial charge in [0, 0.05) is 44.4 Å². The van der Waals surface area contributed by atoms with Crippen molar-refractivity contribution in [1.29, 1.82) is 0 Å². The summed E-state index contributed by atoms with van der Waals surface area (Å²) in [6.07, 6.45) is 4.98. The zero-order chi connectivity index (χ0) is 19.5. The summed E-state index contributed by atoms with van der Waals surface area (Å²) in [6, 6.07) is 9.50. The number of carbonyl (C=O) groups excluding carboxylic acids is 1. The van der Waals surface area contributed by atoms with Crippen LogP contribution in [0, 0.1) is 0 Å². The fourth-order valence-corrected chi connectivity index (χ4v) is 3.64. The molecule has 0 saturated carbocycles. The molecule has 1 unspecified atom stereocenters. The largest absolute Gasteiger partial charge is 0.492 e. The van der Waals surface area contributed by atoms with Crippen LogP contribution in [0.1, 0.15) is 34.1 Å². The van der Waals surface area contributed by atoms with Crippen LogP contribution in [0.5, 0.6) is 5.75 Å². The first-order valence-corrected chi connectivity index (χ1v) is 9.67. The number of likely N-dealkylation sites (tertiary alicyclic amines) is 1. The summed E-state index contributed by atoms with van der Waals surface area (Å²) in [4.78, 5) is 14.4. The highest BCUT2D eigenvalue weighted by Gasteiger charge is 2.29. The molecule has 0 bridgehead atoms. The summed E-state index contributed by atoms with van der Waals surface area (Å²) in [5, 5.41) is 12.2. The lowest BCUT2D eigenvalue weighted by Crippen LogP contribution is -2.28. The van der Waals surface area contributed by atoms with E-state index in [0.717, 1.165) is 24.4 Å². The van der Waals surface area contributed by atoms with Gasteiger partial charge in [-0.25, -0.2) is 0 Å². The molecule has 28 heavy (non-hydrogen) atoms. The third-order valence-electron chi connectivity index (χ3n) is 4.96. The van der Waals surface area contributed by atoms with Gasteiger partial charge in [-0.05, 0) is 24.6 Å². The molecule has 1 aliphatic rings. The second-order valence-corrected chi connectivity index (χ2v) is 7.39. The van der Waals surface area contributed by atoms with Gasteiger partial charge in [-0.3, -0.25) is 14.6 Å². The van der Waals surface area contributed by atoms with Crippen LogP contribution in [0.4, 0.5) is 0 Å². The molecule has 3 aromatic rings. The van der Waals surface area contributed by atoms with Crippen LogP contribution in [-0.4, -0.2) is 50.5 Å². The molecule has 0 radical (unpaired) electrons. The fourth-order valence-electron chi connectivity index (χ4n) is 3.45. The molecule has 0 spiro atoms. The van der Waals surface area contributed by atoms with Crippen molar-refractivity contribution in [3.05, 3.63) is 64.7 Å². The summed E-state index contributed by atoms with van der Waals surface area (Å²) in [5.74, 6) is 0.957. The Morgan fingerprint density at radius 2 is 2.25 bits per heavy atom. The van der Waals surface area contributed by atoms with Crippen LogP contribution >= 0.6 is 11.6 Å². The van der Waals surface area contributed by atoms with E-state index in [1.807, 2.05) is 36.2 Å². The Morgan fingerprint density at radius 3 is 3.04 bits per heavy atom. The van der Waals surface area contributed by atoms with E-state index in [-0.39, 0.29) is 11.8 Å². The van der Waals surface area contributed by atoms with Gasteiger partial charge in [0.2, 0.25) is 0 Å². The highest BCUT2D eigenvalue weighted by Crippen LogP contribution is 2.27. The molecule has 7 nitrogen and oxygen atoms in total. The quantitative estimate of drug-likeness (QED) is 0.691. The maximum atomic E-state index is 12.6. The number of nitrogens with one attached hydrogen (secondary N) is 1. The minimum Gasteiger partial charge on any atom is -0.492 e. The predicted octanol–water partition coefficient (Wildman–Crippen LogP) is 3.05. The minimum atomic E-state index is 0.0273. The molecule has 2 aromatic heterocycles. The van der Waals surface area contributed by atoms with E-state index in [2.05, 4.69) is 21.4 Å². The molecule has 4 rings (SSSR count). The van der Waals surface area contributed by atoms with Crippen LogP contribution in [0.25, 0.3) is 0 Å². The zero-order valence-electron chi connectivity index (χ0n) is 15.6. The number of ether oxygens (including phenoxy) is 1. The Hall–Kier alpha value is -2.80. The van der Waals surface area contributed by atoms with Gasteiger partial charge in [0.15, 0.2) is 0 Å². The average Bonchev–Trinajstić information content (AvgIpc) is 3.43. The van der Waals surface area contributed by atoms with Crippen LogP contribution in [0.3, 0.4) is 0 Å². The van der Waals surface area contributed by atoms with E-state index in [9.17, 15) is 4.79 Å². The molecule has 1 amide bonds. The first-order chi connectivity index (χ1) is 13.6.